The van der Waals surface area contributed by atoms with Crippen LogP contribution in [0.3, 0.4) is 0 Å². The van der Waals surface area contributed by atoms with Crippen LogP contribution in [0.2, 0.25) is 0 Å². The SMILES string of the molecule is CCc1nn(C)c(N(CC)Cc2ccccc2C)c1N. The highest BCUT2D eigenvalue weighted by Crippen LogP contribution is 2.28. The fourth-order valence-corrected chi connectivity index (χ4v) is 2.55. The van der Waals surface area contributed by atoms with E-state index in [0.717, 1.165) is 36.7 Å². The number of benzene rings is 1. The Morgan fingerprint density at radius 2 is 1.95 bits per heavy atom. The summed E-state index contributed by atoms with van der Waals surface area (Å²) in [6.45, 7) is 8.14. The van der Waals surface area contributed by atoms with Crippen LogP contribution in [0.5, 0.6) is 0 Å². The Morgan fingerprint density at radius 3 is 2.50 bits per heavy atom. The molecule has 1 aromatic carbocycles. The Balaban J connectivity index is 2.34. The van der Waals surface area contributed by atoms with Crippen LogP contribution in [0.25, 0.3) is 0 Å². The molecule has 20 heavy (non-hydrogen) atoms. The summed E-state index contributed by atoms with van der Waals surface area (Å²) in [6, 6.07) is 8.47. The van der Waals surface area contributed by atoms with E-state index in [2.05, 4.69) is 55.0 Å². The molecule has 0 saturated carbocycles. The number of aryl methyl sites for hydroxylation is 3. The Bertz CT molecular complexity index is 586. The molecule has 108 valence electrons. The van der Waals surface area contributed by atoms with Crippen molar-refractivity contribution in [1.82, 2.24) is 9.78 Å². The summed E-state index contributed by atoms with van der Waals surface area (Å²) >= 11 is 0. The van der Waals surface area contributed by atoms with E-state index in [9.17, 15) is 0 Å². The molecule has 0 amide bonds. The standard InChI is InChI=1S/C16H24N4/c1-5-14-15(17)16(19(4)18-14)20(6-2)11-13-10-8-7-9-12(13)3/h7-10H,5-6,11,17H2,1-4H3. The molecule has 0 bridgehead atoms. The summed E-state index contributed by atoms with van der Waals surface area (Å²) in [7, 11) is 1.96. The van der Waals surface area contributed by atoms with Crippen molar-refractivity contribution in [3.63, 3.8) is 0 Å². The molecule has 0 aliphatic carbocycles. The van der Waals surface area contributed by atoms with E-state index in [1.165, 1.54) is 11.1 Å². The van der Waals surface area contributed by atoms with Crippen LogP contribution in [-0.4, -0.2) is 16.3 Å². The van der Waals surface area contributed by atoms with Gasteiger partial charge in [-0.2, -0.15) is 5.10 Å². The van der Waals surface area contributed by atoms with Gasteiger partial charge >= 0.3 is 0 Å². The number of nitrogens with zero attached hydrogens (tertiary/aromatic N) is 3. The molecule has 1 heterocycles. The zero-order valence-corrected chi connectivity index (χ0v) is 12.8. The third-order valence-corrected chi connectivity index (χ3v) is 3.77. The van der Waals surface area contributed by atoms with Crippen molar-refractivity contribution in [3.8, 4) is 0 Å². The van der Waals surface area contributed by atoms with Crippen molar-refractivity contribution in [2.24, 2.45) is 7.05 Å². The summed E-state index contributed by atoms with van der Waals surface area (Å²) in [5.74, 6) is 1.02. The molecule has 4 heteroatoms. The molecule has 0 atom stereocenters. The van der Waals surface area contributed by atoms with Gasteiger partial charge in [0.1, 0.15) is 0 Å². The summed E-state index contributed by atoms with van der Waals surface area (Å²) < 4.78 is 1.90. The van der Waals surface area contributed by atoms with Crippen molar-refractivity contribution in [3.05, 3.63) is 41.1 Å². The molecule has 0 spiro atoms. The summed E-state index contributed by atoms with van der Waals surface area (Å²) in [4.78, 5) is 2.28. The third-order valence-electron chi connectivity index (χ3n) is 3.77. The first-order valence-corrected chi connectivity index (χ1v) is 7.19. The van der Waals surface area contributed by atoms with Crippen molar-refractivity contribution < 1.29 is 0 Å². The predicted molar refractivity (Wildman–Crippen MR) is 84.9 cm³/mol. The van der Waals surface area contributed by atoms with Gasteiger partial charge in [0.25, 0.3) is 0 Å². The highest BCUT2D eigenvalue weighted by Gasteiger charge is 2.18. The molecule has 4 nitrogen and oxygen atoms in total. The first-order chi connectivity index (χ1) is 9.58. The first kappa shape index (κ1) is 14.4. The highest BCUT2D eigenvalue weighted by atomic mass is 15.4. The molecule has 0 radical (unpaired) electrons. The number of nitrogen functional groups attached to an aromatic ring is 1. The van der Waals surface area contributed by atoms with Crippen molar-refractivity contribution in [2.45, 2.75) is 33.7 Å². The van der Waals surface area contributed by atoms with Crippen molar-refractivity contribution >= 4 is 11.5 Å². The number of nitrogens with two attached hydrogens (primary N) is 1. The monoisotopic (exact) mass is 272 g/mol. The quantitative estimate of drug-likeness (QED) is 0.910. The minimum atomic E-state index is 0.811. The van der Waals surface area contributed by atoms with E-state index in [4.69, 9.17) is 5.73 Å². The predicted octanol–water partition coefficient (Wildman–Crippen LogP) is 2.90. The molecule has 2 rings (SSSR count). The lowest BCUT2D eigenvalue weighted by atomic mass is 10.1. The van der Waals surface area contributed by atoms with E-state index >= 15 is 0 Å². The van der Waals surface area contributed by atoms with Gasteiger partial charge in [0.2, 0.25) is 0 Å². The van der Waals surface area contributed by atoms with Crippen LogP contribution >= 0.6 is 0 Å². The van der Waals surface area contributed by atoms with Crippen LogP contribution in [0.4, 0.5) is 11.5 Å². The van der Waals surface area contributed by atoms with Gasteiger partial charge in [-0.15, -0.1) is 0 Å². The minimum Gasteiger partial charge on any atom is -0.394 e. The maximum atomic E-state index is 6.26. The van der Waals surface area contributed by atoms with Gasteiger partial charge in [-0.25, -0.2) is 0 Å². The average Bonchev–Trinajstić information content (AvgIpc) is 2.73. The molecular weight excluding hydrogens is 248 g/mol. The topological polar surface area (TPSA) is 47.1 Å². The van der Waals surface area contributed by atoms with Crippen LogP contribution < -0.4 is 10.6 Å². The molecule has 0 fully saturated rings. The number of aromatic nitrogens is 2. The fourth-order valence-electron chi connectivity index (χ4n) is 2.55. The fraction of sp³-hybridized carbons (Fsp3) is 0.438. The molecule has 0 unspecified atom stereocenters. The second kappa shape index (κ2) is 5.99. The van der Waals surface area contributed by atoms with E-state index in [1.54, 1.807) is 0 Å². The van der Waals surface area contributed by atoms with Crippen LogP contribution in [0.1, 0.15) is 30.7 Å². The van der Waals surface area contributed by atoms with Crippen LogP contribution in [-0.2, 0) is 20.0 Å². The van der Waals surface area contributed by atoms with Gasteiger partial charge in [-0.3, -0.25) is 4.68 Å². The molecule has 2 N–H and O–H groups in total. The van der Waals surface area contributed by atoms with Crippen molar-refractivity contribution in [2.75, 3.05) is 17.2 Å². The van der Waals surface area contributed by atoms with E-state index in [1.807, 2.05) is 11.7 Å². The molecule has 0 saturated heterocycles. The van der Waals surface area contributed by atoms with E-state index < -0.39 is 0 Å². The Kier molecular flexibility index (Phi) is 4.32. The van der Waals surface area contributed by atoms with Gasteiger partial charge in [-0.1, -0.05) is 31.2 Å². The zero-order valence-electron chi connectivity index (χ0n) is 12.8. The largest absolute Gasteiger partial charge is 0.394 e. The lowest BCUT2D eigenvalue weighted by Crippen LogP contribution is -2.25. The summed E-state index contributed by atoms with van der Waals surface area (Å²) in [5, 5.41) is 4.51. The molecule has 1 aromatic heterocycles. The molecule has 0 aliphatic rings. The molecule has 2 aromatic rings. The normalized spacial score (nSPS) is 10.8. The number of hydrogen-bond acceptors (Lipinski definition) is 3. The van der Waals surface area contributed by atoms with Crippen LogP contribution in [0.15, 0.2) is 24.3 Å². The third kappa shape index (κ3) is 2.64. The van der Waals surface area contributed by atoms with Crippen molar-refractivity contribution in [1.29, 1.82) is 0 Å². The molecule has 0 aliphatic heterocycles. The minimum absolute atomic E-state index is 0.811. The van der Waals surface area contributed by atoms with Crippen LogP contribution in [0, 0.1) is 6.92 Å². The maximum Gasteiger partial charge on any atom is 0.150 e. The second-order valence-electron chi connectivity index (χ2n) is 5.10. The van der Waals surface area contributed by atoms with Gasteiger partial charge < -0.3 is 10.6 Å². The van der Waals surface area contributed by atoms with Gasteiger partial charge in [0, 0.05) is 20.1 Å². The number of anilines is 2. The van der Waals surface area contributed by atoms with E-state index in [-0.39, 0.29) is 0 Å². The van der Waals surface area contributed by atoms with Gasteiger partial charge in [0.15, 0.2) is 5.82 Å². The zero-order chi connectivity index (χ0) is 14.7. The lowest BCUT2D eigenvalue weighted by Gasteiger charge is -2.24. The van der Waals surface area contributed by atoms with Gasteiger partial charge in [0.05, 0.1) is 11.4 Å². The average molecular weight is 272 g/mol. The Hall–Kier alpha value is -1.97. The number of rotatable bonds is 5. The number of hydrogen-bond donors (Lipinski definition) is 1. The van der Waals surface area contributed by atoms with Gasteiger partial charge in [-0.05, 0) is 31.4 Å². The molecular formula is C16H24N4. The first-order valence-electron chi connectivity index (χ1n) is 7.19. The van der Waals surface area contributed by atoms with E-state index in [0.29, 0.717) is 0 Å². The maximum absolute atomic E-state index is 6.26. The smallest absolute Gasteiger partial charge is 0.150 e. The second-order valence-corrected chi connectivity index (χ2v) is 5.10. The summed E-state index contributed by atoms with van der Waals surface area (Å²) in [6.07, 6.45) is 0.863. The Labute approximate surface area is 121 Å². The summed E-state index contributed by atoms with van der Waals surface area (Å²) in [5.41, 5.74) is 10.7. The Morgan fingerprint density at radius 1 is 1.25 bits per heavy atom. The highest BCUT2D eigenvalue weighted by molar-refractivity contribution is 5.66. The lowest BCUT2D eigenvalue weighted by molar-refractivity contribution is 0.700.